The van der Waals surface area contributed by atoms with Gasteiger partial charge in [-0.25, -0.2) is 0 Å². The Labute approximate surface area is 137 Å². The van der Waals surface area contributed by atoms with Crippen LogP contribution in [0.25, 0.3) is 0 Å². The van der Waals surface area contributed by atoms with Gasteiger partial charge in [-0.05, 0) is 6.92 Å². The Morgan fingerprint density at radius 1 is 1.41 bits per heavy atom. The summed E-state index contributed by atoms with van der Waals surface area (Å²) < 4.78 is 0.904. The summed E-state index contributed by atoms with van der Waals surface area (Å²) in [5.74, 6) is 0.860. The predicted octanol–water partition coefficient (Wildman–Crippen LogP) is -0.0287. The highest BCUT2D eigenvalue weighted by atomic mass is 32.2. The Kier molecular flexibility index (Phi) is 4.94. The van der Waals surface area contributed by atoms with Gasteiger partial charge < -0.3 is 10.2 Å². The van der Waals surface area contributed by atoms with E-state index in [1.165, 1.54) is 0 Å². The van der Waals surface area contributed by atoms with E-state index in [4.69, 9.17) is 0 Å². The highest BCUT2D eigenvalue weighted by Crippen LogP contribution is 2.23. The van der Waals surface area contributed by atoms with Gasteiger partial charge in [0.05, 0.1) is 0 Å². The highest BCUT2D eigenvalue weighted by molar-refractivity contribution is 8.01. The molecule has 3 rings (SSSR count). The van der Waals surface area contributed by atoms with Crippen LogP contribution < -0.4 is 5.32 Å². The molecule has 0 spiro atoms. The molecule has 0 bridgehead atoms. The fraction of sp³-hybridized carbons (Fsp3) is 0.692. The van der Waals surface area contributed by atoms with Crippen LogP contribution in [0.1, 0.15) is 11.4 Å². The zero-order valence-electron chi connectivity index (χ0n) is 12.4. The number of amides is 2. The number of aryl methyl sites for hydroxylation is 1. The first-order chi connectivity index (χ1) is 10.6. The maximum atomic E-state index is 12.3. The van der Waals surface area contributed by atoms with Crippen LogP contribution in [-0.4, -0.2) is 76.3 Å². The van der Waals surface area contributed by atoms with Crippen molar-refractivity contribution in [2.75, 3.05) is 38.5 Å². The number of thioether (sulfide) groups is 1. The van der Waals surface area contributed by atoms with Crippen LogP contribution in [-0.2, 0) is 9.59 Å². The predicted molar refractivity (Wildman–Crippen MR) is 84.9 cm³/mol. The number of carbonyl (C=O) groups is 2. The van der Waals surface area contributed by atoms with Gasteiger partial charge in [0.1, 0.15) is 11.0 Å². The minimum atomic E-state index is -0.176. The van der Waals surface area contributed by atoms with Gasteiger partial charge in [0.25, 0.3) is 0 Å². The van der Waals surface area contributed by atoms with E-state index >= 15 is 0 Å². The lowest BCUT2D eigenvalue weighted by Gasteiger charge is -2.43. The van der Waals surface area contributed by atoms with Gasteiger partial charge in [0, 0.05) is 44.9 Å². The topological polar surface area (TPSA) is 78.4 Å². The third-order valence-electron chi connectivity index (χ3n) is 3.89. The van der Waals surface area contributed by atoms with Crippen molar-refractivity contribution in [1.82, 2.24) is 25.3 Å². The summed E-state index contributed by atoms with van der Waals surface area (Å²) >= 11 is 3.11. The Hall–Kier alpha value is -1.19. The van der Waals surface area contributed by atoms with Crippen molar-refractivity contribution in [2.24, 2.45) is 0 Å². The lowest BCUT2D eigenvalue weighted by Crippen LogP contribution is -2.64. The molecule has 0 aliphatic carbocycles. The number of fused-ring (bicyclic) bond motifs is 1. The highest BCUT2D eigenvalue weighted by Gasteiger charge is 2.35. The van der Waals surface area contributed by atoms with Crippen LogP contribution in [0, 0.1) is 6.92 Å². The second kappa shape index (κ2) is 6.93. The number of carbonyl (C=O) groups excluding carboxylic acids is 2. The molecule has 9 heteroatoms. The first-order valence-electron chi connectivity index (χ1n) is 7.36. The van der Waals surface area contributed by atoms with Crippen molar-refractivity contribution in [3.05, 3.63) is 5.01 Å². The molecule has 1 N–H and O–H groups in total. The van der Waals surface area contributed by atoms with Gasteiger partial charge in [0.15, 0.2) is 4.34 Å². The molecule has 7 nitrogen and oxygen atoms in total. The average molecular weight is 341 g/mol. The summed E-state index contributed by atoms with van der Waals surface area (Å²) in [5, 5.41) is 11.8. The van der Waals surface area contributed by atoms with E-state index in [1.807, 2.05) is 11.8 Å². The monoisotopic (exact) mass is 341 g/mol. The molecule has 2 aliphatic heterocycles. The van der Waals surface area contributed by atoms with E-state index < -0.39 is 0 Å². The van der Waals surface area contributed by atoms with E-state index in [0.29, 0.717) is 31.8 Å². The Bertz CT molecular complexity index is 564. The molecule has 0 saturated carbocycles. The SMILES string of the molecule is Cc1nnc(SCCC(=O)N2CCN3CCNC(=O)C3C2)s1. The number of hydrogen-bond donors (Lipinski definition) is 1. The molecule has 1 aromatic heterocycles. The second-order valence-electron chi connectivity index (χ2n) is 5.37. The summed E-state index contributed by atoms with van der Waals surface area (Å²) in [7, 11) is 0. The maximum absolute atomic E-state index is 12.3. The number of rotatable bonds is 4. The standard InChI is InChI=1S/C13H19N5O2S2/c1-9-15-16-13(22-9)21-7-2-11(19)18-6-5-17-4-3-14-12(20)10(17)8-18/h10H,2-8H2,1H3,(H,14,20). The molecule has 1 unspecified atom stereocenters. The number of aromatic nitrogens is 2. The average Bonchev–Trinajstić information content (AvgIpc) is 2.93. The summed E-state index contributed by atoms with van der Waals surface area (Å²) in [6, 6.07) is -0.176. The van der Waals surface area contributed by atoms with Gasteiger partial charge in [0.2, 0.25) is 11.8 Å². The van der Waals surface area contributed by atoms with Crippen molar-refractivity contribution in [3.63, 3.8) is 0 Å². The molecular weight excluding hydrogens is 322 g/mol. The van der Waals surface area contributed by atoms with Gasteiger partial charge in [-0.2, -0.15) is 0 Å². The van der Waals surface area contributed by atoms with Crippen molar-refractivity contribution in [1.29, 1.82) is 0 Å². The zero-order chi connectivity index (χ0) is 15.5. The van der Waals surface area contributed by atoms with E-state index in [1.54, 1.807) is 23.1 Å². The maximum Gasteiger partial charge on any atom is 0.239 e. The van der Waals surface area contributed by atoms with Gasteiger partial charge in [-0.3, -0.25) is 14.5 Å². The minimum Gasteiger partial charge on any atom is -0.353 e. The van der Waals surface area contributed by atoms with Crippen LogP contribution in [0.3, 0.4) is 0 Å². The third-order valence-corrected chi connectivity index (χ3v) is 5.87. The van der Waals surface area contributed by atoms with E-state index in [0.717, 1.165) is 22.4 Å². The molecular formula is C13H19N5O2S2. The molecule has 0 aromatic carbocycles. The minimum absolute atomic E-state index is 0.0439. The molecule has 22 heavy (non-hydrogen) atoms. The van der Waals surface area contributed by atoms with Gasteiger partial charge >= 0.3 is 0 Å². The van der Waals surface area contributed by atoms with E-state index in [2.05, 4.69) is 20.4 Å². The summed E-state index contributed by atoms with van der Waals surface area (Å²) in [5.41, 5.74) is 0. The largest absolute Gasteiger partial charge is 0.353 e. The lowest BCUT2D eigenvalue weighted by molar-refractivity contribution is -0.139. The molecule has 1 atom stereocenters. The number of piperazine rings is 2. The number of nitrogens with one attached hydrogen (secondary N) is 1. The molecule has 2 saturated heterocycles. The summed E-state index contributed by atoms with van der Waals surface area (Å²) in [6.07, 6.45) is 0.470. The Morgan fingerprint density at radius 2 is 2.27 bits per heavy atom. The van der Waals surface area contributed by atoms with Crippen LogP contribution in [0.4, 0.5) is 0 Å². The van der Waals surface area contributed by atoms with E-state index in [-0.39, 0.29) is 17.9 Å². The van der Waals surface area contributed by atoms with Crippen LogP contribution in [0.5, 0.6) is 0 Å². The normalized spacial score (nSPS) is 22.3. The fourth-order valence-electron chi connectivity index (χ4n) is 2.72. The Balaban J connectivity index is 1.47. The molecule has 0 radical (unpaired) electrons. The molecule has 2 fully saturated rings. The number of nitrogens with zero attached hydrogens (tertiary/aromatic N) is 4. The third kappa shape index (κ3) is 3.58. The van der Waals surface area contributed by atoms with Crippen molar-refractivity contribution in [3.8, 4) is 0 Å². The lowest BCUT2D eigenvalue weighted by atomic mass is 10.1. The van der Waals surface area contributed by atoms with Crippen LogP contribution in [0.2, 0.25) is 0 Å². The van der Waals surface area contributed by atoms with Crippen molar-refractivity contribution < 1.29 is 9.59 Å². The quantitative estimate of drug-likeness (QED) is 0.775. The molecule has 3 heterocycles. The second-order valence-corrected chi connectivity index (χ2v) is 7.89. The summed E-state index contributed by atoms with van der Waals surface area (Å²) in [6.45, 7) is 5.51. The molecule has 120 valence electrons. The molecule has 1 aromatic rings. The van der Waals surface area contributed by atoms with E-state index in [9.17, 15) is 9.59 Å². The molecule has 2 amide bonds. The van der Waals surface area contributed by atoms with Crippen molar-refractivity contribution >= 4 is 34.9 Å². The number of hydrogen-bond acceptors (Lipinski definition) is 7. The molecule has 2 aliphatic rings. The van der Waals surface area contributed by atoms with Crippen LogP contribution >= 0.6 is 23.1 Å². The van der Waals surface area contributed by atoms with Crippen LogP contribution in [0.15, 0.2) is 4.34 Å². The van der Waals surface area contributed by atoms with Gasteiger partial charge in [-0.15, -0.1) is 10.2 Å². The zero-order valence-corrected chi connectivity index (χ0v) is 14.1. The Morgan fingerprint density at radius 3 is 3.05 bits per heavy atom. The first kappa shape index (κ1) is 15.7. The van der Waals surface area contributed by atoms with Gasteiger partial charge in [-0.1, -0.05) is 23.1 Å². The van der Waals surface area contributed by atoms with Crippen molar-refractivity contribution in [2.45, 2.75) is 23.7 Å². The first-order valence-corrected chi connectivity index (χ1v) is 9.16. The fourth-order valence-corrected chi connectivity index (χ4v) is 4.54. The smallest absolute Gasteiger partial charge is 0.239 e. The summed E-state index contributed by atoms with van der Waals surface area (Å²) in [4.78, 5) is 28.2.